The standard InChI is InChI=1S/C12H17BrN2O2S/c1-2-12(5-6-12)8-15-18(16,17)11-4-3-9(13)7-10(11)14/h3-4,7,15H,2,5-6,8,14H2,1H3. The number of benzene rings is 1. The number of sulfonamides is 1. The quantitative estimate of drug-likeness (QED) is 0.813. The molecule has 0 saturated heterocycles. The summed E-state index contributed by atoms with van der Waals surface area (Å²) in [7, 11) is -3.51. The molecular formula is C12H17BrN2O2S. The third kappa shape index (κ3) is 2.87. The Balaban J connectivity index is 2.15. The van der Waals surface area contributed by atoms with E-state index in [-0.39, 0.29) is 16.0 Å². The Bertz CT molecular complexity index is 553. The number of anilines is 1. The van der Waals surface area contributed by atoms with E-state index in [1.165, 1.54) is 6.07 Å². The van der Waals surface area contributed by atoms with Crippen molar-refractivity contribution in [1.82, 2.24) is 4.72 Å². The highest BCUT2D eigenvalue weighted by Gasteiger charge is 2.41. The molecule has 0 heterocycles. The van der Waals surface area contributed by atoms with Crippen molar-refractivity contribution in [3.05, 3.63) is 22.7 Å². The molecule has 4 nitrogen and oxygen atoms in total. The molecule has 18 heavy (non-hydrogen) atoms. The predicted molar refractivity (Wildman–Crippen MR) is 75.7 cm³/mol. The van der Waals surface area contributed by atoms with E-state index in [0.717, 1.165) is 23.7 Å². The SMILES string of the molecule is CCC1(CNS(=O)(=O)c2ccc(Br)cc2N)CC1. The van der Waals surface area contributed by atoms with Crippen molar-refractivity contribution in [2.24, 2.45) is 5.41 Å². The van der Waals surface area contributed by atoms with Gasteiger partial charge >= 0.3 is 0 Å². The van der Waals surface area contributed by atoms with Gasteiger partial charge in [0.1, 0.15) is 4.90 Å². The Kier molecular flexibility index (Phi) is 3.71. The lowest BCUT2D eigenvalue weighted by Gasteiger charge is -2.14. The lowest BCUT2D eigenvalue weighted by Crippen LogP contribution is -2.30. The van der Waals surface area contributed by atoms with Gasteiger partial charge in [-0.2, -0.15) is 0 Å². The first-order valence-electron chi connectivity index (χ1n) is 5.93. The molecule has 0 aromatic heterocycles. The van der Waals surface area contributed by atoms with Crippen molar-refractivity contribution in [1.29, 1.82) is 0 Å². The summed E-state index contributed by atoms with van der Waals surface area (Å²) >= 11 is 3.26. The van der Waals surface area contributed by atoms with Gasteiger partial charge in [-0.25, -0.2) is 13.1 Å². The van der Waals surface area contributed by atoms with Crippen molar-refractivity contribution in [3.8, 4) is 0 Å². The summed E-state index contributed by atoms with van der Waals surface area (Å²) < 4.78 is 27.7. The number of halogens is 1. The molecule has 0 bridgehead atoms. The monoisotopic (exact) mass is 332 g/mol. The molecule has 1 aromatic carbocycles. The number of rotatable bonds is 5. The molecular weight excluding hydrogens is 316 g/mol. The van der Waals surface area contributed by atoms with E-state index >= 15 is 0 Å². The zero-order valence-electron chi connectivity index (χ0n) is 10.2. The Labute approximate surface area is 116 Å². The van der Waals surface area contributed by atoms with Gasteiger partial charge in [-0.05, 0) is 42.9 Å². The van der Waals surface area contributed by atoms with Crippen LogP contribution < -0.4 is 10.5 Å². The first-order chi connectivity index (χ1) is 8.38. The molecule has 3 N–H and O–H groups in total. The number of nitrogens with two attached hydrogens (primary N) is 1. The third-order valence-electron chi connectivity index (χ3n) is 3.61. The van der Waals surface area contributed by atoms with E-state index in [4.69, 9.17) is 5.73 Å². The van der Waals surface area contributed by atoms with Crippen LogP contribution in [0.4, 0.5) is 5.69 Å². The molecule has 1 aliphatic rings. The summed E-state index contributed by atoms with van der Waals surface area (Å²) in [5.74, 6) is 0. The Morgan fingerprint density at radius 2 is 2.11 bits per heavy atom. The molecule has 100 valence electrons. The third-order valence-corrected chi connectivity index (χ3v) is 5.57. The minimum absolute atomic E-state index is 0.151. The van der Waals surface area contributed by atoms with Gasteiger partial charge in [0.2, 0.25) is 10.0 Å². The molecule has 1 saturated carbocycles. The minimum atomic E-state index is -3.51. The van der Waals surface area contributed by atoms with Gasteiger partial charge in [0.15, 0.2) is 0 Å². The van der Waals surface area contributed by atoms with Crippen LogP contribution in [0.15, 0.2) is 27.6 Å². The molecule has 0 amide bonds. The highest BCUT2D eigenvalue weighted by molar-refractivity contribution is 9.10. The van der Waals surface area contributed by atoms with Crippen LogP contribution in [0.3, 0.4) is 0 Å². The molecule has 0 atom stereocenters. The molecule has 0 unspecified atom stereocenters. The normalized spacial score (nSPS) is 17.7. The van der Waals surface area contributed by atoms with Crippen LogP contribution in [0.5, 0.6) is 0 Å². The van der Waals surface area contributed by atoms with Crippen LogP contribution >= 0.6 is 15.9 Å². The van der Waals surface area contributed by atoms with Gasteiger partial charge < -0.3 is 5.73 Å². The second-order valence-electron chi connectivity index (χ2n) is 4.86. The van der Waals surface area contributed by atoms with Crippen molar-refractivity contribution in [2.75, 3.05) is 12.3 Å². The lowest BCUT2D eigenvalue weighted by atomic mass is 10.1. The molecule has 2 rings (SSSR count). The molecule has 1 aliphatic carbocycles. The Morgan fingerprint density at radius 1 is 1.44 bits per heavy atom. The predicted octanol–water partition coefficient (Wildman–Crippen LogP) is 2.50. The highest BCUT2D eigenvalue weighted by atomic mass is 79.9. The lowest BCUT2D eigenvalue weighted by molar-refractivity contribution is 0.476. The second-order valence-corrected chi connectivity index (χ2v) is 7.51. The fourth-order valence-corrected chi connectivity index (χ4v) is 3.57. The fourth-order valence-electron chi connectivity index (χ4n) is 1.92. The summed E-state index contributed by atoms with van der Waals surface area (Å²) in [5.41, 5.74) is 6.19. The minimum Gasteiger partial charge on any atom is -0.398 e. The fraction of sp³-hybridized carbons (Fsp3) is 0.500. The van der Waals surface area contributed by atoms with Crippen LogP contribution in [0.25, 0.3) is 0 Å². The number of nitrogens with one attached hydrogen (secondary N) is 1. The Hall–Kier alpha value is -0.590. The summed E-state index contributed by atoms with van der Waals surface area (Å²) in [6.07, 6.45) is 3.20. The largest absolute Gasteiger partial charge is 0.398 e. The Morgan fingerprint density at radius 3 is 2.61 bits per heavy atom. The average Bonchev–Trinajstić information content (AvgIpc) is 3.07. The summed E-state index contributed by atoms with van der Waals surface area (Å²) in [4.78, 5) is 0.151. The first-order valence-corrected chi connectivity index (χ1v) is 8.21. The molecule has 1 aromatic rings. The maximum absolute atomic E-state index is 12.1. The molecule has 0 spiro atoms. The van der Waals surface area contributed by atoms with Gasteiger partial charge in [0.25, 0.3) is 0 Å². The maximum atomic E-state index is 12.1. The van der Waals surface area contributed by atoms with Crippen LogP contribution in [0.1, 0.15) is 26.2 Å². The van der Waals surface area contributed by atoms with E-state index < -0.39 is 10.0 Å². The van der Waals surface area contributed by atoms with Crippen molar-refractivity contribution >= 4 is 31.6 Å². The summed E-state index contributed by atoms with van der Waals surface area (Å²) in [6, 6.07) is 4.80. The van der Waals surface area contributed by atoms with E-state index in [9.17, 15) is 8.42 Å². The van der Waals surface area contributed by atoms with E-state index in [1.807, 2.05) is 0 Å². The first kappa shape index (κ1) is 13.8. The summed E-state index contributed by atoms with van der Waals surface area (Å²) in [6.45, 7) is 2.59. The van der Waals surface area contributed by atoms with Crippen LogP contribution in [-0.2, 0) is 10.0 Å². The zero-order valence-corrected chi connectivity index (χ0v) is 12.6. The van der Waals surface area contributed by atoms with Crippen LogP contribution in [0, 0.1) is 5.41 Å². The average molecular weight is 333 g/mol. The van der Waals surface area contributed by atoms with Gasteiger partial charge in [0.05, 0.1) is 5.69 Å². The number of hydrogen-bond acceptors (Lipinski definition) is 3. The smallest absolute Gasteiger partial charge is 0.242 e. The van der Waals surface area contributed by atoms with Gasteiger partial charge in [-0.1, -0.05) is 22.9 Å². The zero-order chi connectivity index (χ0) is 13.4. The van der Waals surface area contributed by atoms with E-state index in [0.29, 0.717) is 6.54 Å². The van der Waals surface area contributed by atoms with Crippen molar-refractivity contribution < 1.29 is 8.42 Å². The van der Waals surface area contributed by atoms with Crippen molar-refractivity contribution in [2.45, 2.75) is 31.1 Å². The van der Waals surface area contributed by atoms with Crippen molar-refractivity contribution in [3.63, 3.8) is 0 Å². The number of hydrogen-bond donors (Lipinski definition) is 2. The van der Waals surface area contributed by atoms with Crippen LogP contribution in [0.2, 0.25) is 0 Å². The van der Waals surface area contributed by atoms with Gasteiger partial charge in [0, 0.05) is 11.0 Å². The molecule has 0 aliphatic heterocycles. The van der Waals surface area contributed by atoms with Gasteiger partial charge in [-0.15, -0.1) is 0 Å². The molecule has 1 fully saturated rings. The second kappa shape index (κ2) is 4.83. The van der Waals surface area contributed by atoms with Gasteiger partial charge in [-0.3, -0.25) is 0 Å². The maximum Gasteiger partial charge on any atom is 0.242 e. The molecule has 0 radical (unpaired) electrons. The van der Waals surface area contributed by atoms with Crippen LogP contribution in [-0.4, -0.2) is 15.0 Å². The number of nitrogen functional groups attached to an aromatic ring is 1. The molecule has 6 heteroatoms. The van der Waals surface area contributed by atoms with E-state index in [2.05, 4.69) is 27.6 Å². The van der Waals surface area contributed by atoms with E-state index in [1.54, 1.807) is 12.1 Å². The highest BCUT2D eigenvalue weighted by Crippen LogP contribution is 2.48. The topological polar surface area (TPSA) is 72.2 Å². The summed E-state index contributed by atoms with van der Waals surface area (Å²) in [5, 5.41) is 0.